The SMILES string of the molecule is CCOC(=O)C(CC(C)(C)F)NC(c1ccc2c(c1)oc1ccc(N(C)CCOCC=O)cc12)C(F)(F)F. The van der Waals surface area contributed by atoms with Crippen LogP contribution in [0, 0.1) is 0 Å². The van der Waals surface area contributed by atoms with Gasteiger partial charge in [0.25, 0.3) is 0 Å². The number of carbonyl (C=O) groups is 2. The maximum absolute atomic E-state index is 14.3. The predicted molar refractivity (Wildman–Crippen MR) is 136 cm³/mol. The van der Waals surface area contributed by atoms with Crippen LogP contribution in [-0.4, -0.2) is 63.6 Å². The molecule has 1 heterocycles. The summed E-state index contributed by atoms with van der Waals surface area (Å²) in [4.78, 5) is 24.7. The molecule has 0 spiro atoms. The maximum Gasteiger partial charge on any atom is 0.407 e. The molecule has 1 aromatic heterocycles. The fourth-order valence-electron chi connectivity index (χ4n) is 4.18. The fraction of sp³-hybridized carbons (Fsp3) is 0.481. The number of nitrogens with one attached hydrogen (secondary N) is 1. The Morgan fingerprint density at radius 3 is 2.47 bits per heavy atom. The topological polar surface area (TPSA) is 81.0 Å². The van der Waals surface area contributed by atoms with Crippen molar-refractivity contribution in [3.05, 3.63) is 42.0 Å². The molecule has 7 nitrogen and oxygen atoms in total. The zero-order valence-corrected chi connectivity index (χ0v) is 21.7. The highest BCUT2D eigenvalue weighted by molar-refractivity contribution is 6.06. The van der Waals surface area contributed by atoms with Gasteiger partial charge in [0.05, 0.1) is 13.2 Å². The quantitative estimate of drug-likeness (QED) is 0.133. The van der Waals surface area contributed by atoms with Crippen molar-refractivity contribution in [2.45, 2.75) is 51.1 Å². The van der Waals surface area contributed by atoms with Gasteiger partial charge in [0.2, 0.25) is 0 Å². The van der Waals surface area contributed by atoms with Crippen molar-refractivity contribution in [2.24, 2.45) is 0 Å². The first-order valence-corrected chi connectivity index (χ1v) is 12.2. The number of fused-ring (bicyclic) bond motifs is 3. The number of hydrogen-bond donors (Lipinski definition) is 1. The molecule has 0 bridgehead atoms. The Hall–Kier alpha value is -3.18. The van der Waals surface area contributed by atoms with Gasteiger partial charge in [-0.15, -0.1) is 0 Å². The Morgan fingerprint density at radius 2 is 1.84 bits per heavy atom. The van der Waals surface area contributed by atoms with Gasteiger partial charge in [0, 0.05) is 36.5 Å². The third kappa shape index (κ3) is 7.44. The Kier molecular flexibility index (Phi) is 9.37. The summed E-state index contributed by atoms with van der Waals surface area (Å²) in [5, 5.41) is 3.61. The van der Waals surface area contributed by atoms with Crippen LogP contribution >= 0.6 is 0 Å². The van der Waals surface area contributed by atoms with Crippen LogP contribution in [0.1, 0.15) is 38.8 Å². The van der Waals surface area contributed by atoms with Crippen LogP contribution in [-0.2, 0) is 19.1 Å². The number of carbonyl (C=O) groups excluding carboxylic acids is 2. The van der Waals surface area contributed by atoms with E-state index in [1.54, 1.807) is 6.07 Å². The van der Waals surface area contributed by atoms with Crippen LogP contribution in [0.25, 0.3) is 21.9 Å². The summed E-state index contributed by atoms with van der Waals surface area (Å²) in [7, 11) is 1.85. The lowest BCUT2D eigenvalue weighted by molar-refractivity contribution is -0.165. The Bertz CT molecular complexity index is 1250. The van der Waals surface area contributed by atoms with Crippen molar-refractivity contribution < 1.29 is 41.0 Å². The molecule has 0 radical (unpaired) electrons. The van der Waals surface area contributed by atoms with E-state index >= 15 is 0 Å². The zero-order valence-electron chi connectivity index (χ0n) is 21.7. The van der Waals surface area contributed by atoms with Crippen molar-refractivity contribution in [1.29, 1.82) is 0 Å². The number of aldehydes is 1. The lowest BCUT2D eigenvalue weighted by Gasteiger charge is -2.29. The summed E-state index contributed by atoms with van der Waals surface area (Å²) >= 11 is 0. The summed E-state index contributed by atoms with van der Waals surface area (Å²) < 4.78 is 72.8. The first kappa shape index (κ1) is 29.4. The van der Waals surface area contributed by atoms with Crippen molar-refractivity contribution in [3.8, 4) is 0 Å². The Labute approximate surface area is 218 Å². The smallest absolute Gasteiger partial charge is 0.407 e. The maximum atomic E-state index is 14.3. The van der Waals surface area contributed by atoms with Crippen LogP contribution in [0.15, 0.2) is 40.8 Å². The highest BCUT2D eigenvalue weighted by Crippen LogP contribution is 2.38. The molecule has 0 fully saturated rings. The number of alkyl halides is 4. The Balaban J connectivity index is 1.94. The second-order valence-electron chi connectivity index (χ2n) is 9.57. The third-order valence-corrected chi connectivity index (χ3v) is 5.97. The molecule has 0 saturated carbocycles. The molecule has 0 aliphatic carbocycles. The standard InChI is InChI=1S/C27H32F4N2O5/c1-5-37-25(35)21(16-26(2,3)28)32-24(27(29,30)31)17-6-8-19-20-15-18(33(4)10-12-36-13-11-34)7-9-22(20)38-23(19)14-17/h6-9,11,14-15,21,24,32H,5,10,12-13,16H2,1-4H3. The number of ether oxygens (including phenoxy) is 2. The van der Waals surface area contributed by atoms with Crippen molar-refractivity contribution in [2.75, 3.05) is 38.3 Å². The number of furan rings is 1. The molecule has 0 amide bonds. The van der Waals surface area contributed by atoms with E-state index in [0.717, 1.165) is 5.69 Å². The van der Waals surface area contributed by atoms with Gasteiger partial charge in [-0.05, 0) is 50.6 Å². The van der Waals surface area contributed by atoms with Gasteiger partial charge >= 0.3 is 12.1 Å². The first-order chi connectivity index (χ1) is 17.8. The van der Waals surface area contributed by atoms with Gasteiger partial charge in [-0.3, -0.25) is 10.1 Å². The number of halogens is 4. The number of likely N-dealkylation sites (N-methyl/N-ethyl adjacent to an activating group) is 1. The molecule has 1 N–H and O–H groups in total. The summed E-state index contributed by atoms with van der Waals surface area (Å²) in [6.07, 6.45) is -4.61. The van der Waals surface area contributed by atoms with E-state index < -0.39 is 36.3 Å². The minimum Gasteiger partial charge on any atom is -0.465 e. The average Bonchev–Trinajstić information content (AvgIpc) is 3.19. The number of anilines is 1. The molecule has 0 aliphatic rings. The third-order valence-electron chi connectivity index (χ3n) is 5.97. The normalized spacial score (nSPS) is 14.0. The first-order valence-electron chi connectivity index (χ1n) is 12.2. The number of rotatable bonds is 13. The van der Waals surface area contributed by atoms with Crippen LogP contribution in [0.3, 0.4) is 0 Å². The lowest BCUT2D eigenvalue weighted by Crippen LogP contribution is -2.47. The van der Waals surface area contributed by atoms with Crippen LogP contribution < -0.4 is 10.2 Å². The zero-order chi connectivity index (χ0) is 28.1. The summed E-state index contributed by atoms with van der Waals surface area (Å²) in [5.74, 6) is -0.953. The molecular formula is C27H32F4N2O5. The predicted octanol–water partition coefficient (Wildman–Crippen LogP) is 5.50. The van der Waals surface area contributed by atoms with Gasteiger partial charge in [-0.25, -0.2) is 4.39 Å². The molecule has 3 aromatic rings. The Morgan fingerprint density at radius 1 is 1.11 bits per heavy atom. The largest absolute Gasteiger partial charge is 0.465 e. The molecule has 0 aliphatic heterocycles. The molecule has 208 valence electrons. The lowest BCUT2D eigenvalue weighted by atomic mass is 9.97. The molecule has 3 rings (SSSR count). The highest BCUT2D eigenvalue weighted by Gasteiger charge is 2.44. The number of benzene rings is 2. The monoisotopic (exact) mass is 540 g/mol. The highest BCUT2D eigenvalue weighted by atomic mass is 19.4. The van der Waals surface area contributed by atoms with E-state index in [-0.39, 0.29) is 24.4 Å². The second kappa shape index (κ2) is 12.1. The van der Waals surface area contributed by atoms with Crippen LogP contribution in [0.4, 0.5) is 23.2 Å². The molecule has 2 aromatic carbocycles. The van der Waals surface area contributed by atoms with E-state index in [1.165, 1.54) is 39.0 Å². The van der Waals surface area contributed by atoms with Crippen LogP contribution in [0.2, 0.25) is 0 Å². The summed E-state index contributed by atoms with van der Waals surface area (Å²) in [5.41, 5.74) is -0.526. The minimum atomic E-state index is -4.79. The van der Waals surface area contributed by atoms with Gasteiger partial charge in [-0.2, -0.15) is 13.2 Å². The van der Waals surface area contributed by atoms with Crippen molar-refractivity contribution in [3.63, 3.8) is 0 Å². The molecule has 2 unspecified atom stereocenters. The molecule has 2 atom stereocenters. The number of hydrogen-bond acceptors (Lipinski definition) is 7. The van der Waals surface area contributed by atoms with E-state index in [2.05, 4.69) is 5.32 Å². The molecule has 38 heavy (non-hydrogen) atoms. The minimum absolute atomic E-state index is 0.0153. The van der Waals surface area contributed by atoms with E-state index in [0.29, 0.717) is 35.8 Å². The summed E-state index contributed by atoms with van der Waals surface area (Å²) in [6, 6.07) is 5.76. The molecule has 0 saturated heterocycles. The van der Waals surface area contributed by atoms with Gasteiger partial charge in [0.1, 0.15) is 41.8 Å². The van der Waals surface area contributed by atoms with Gasteiger partial charge in [0.15, 0.2) is 0 Å². The molecule has 11 heteroatoms. The van der Waals surface area contributed by atoms with E-state index in [9.17, 15) is 27.2 Å². The summed E-state index contributed by atoms with van der Waals surface area (Å²) in [6.45, 7) is 4.74. The molecular weight excluding hydrogens is 508 g/mol. The van der Waals surface area contributed by atoms with Crippen molar-refractivity contribution in [1.82, 2.24) is 5.32 Å². The second-order valence-corrected chi connectivity index (χ2v) is 9.57. The van der Waals surface area contributed by atoms with Gasteiger partial charge < -0.3 is 23.6 Å². The van der Waals surface area contributed by atoms with Crippen molar-refractivity contribution >= 4 is 39.9 Å². The fourth-order valence-corrected chi connectivity index (χ4v) is 4.18. The average molecular weight is 541 g/mol. The number of nitrogens with zero attached hydrogens (tertiary/aromatic N) is 1. The number of esters is 1. The van der Waals surface area contributed by atoms with E-state index in [1.807, 2.05) is 24.1 Å². The van der Waals surface area contributed by atoms with E-state index in [4.69, 9.17) is 13.9 Å². The van der Waals surface area contributed by atoms with Crippen LogP contribution in [0.5, 0.6) is 0 Å². The van der Waals surface area contributed by atoms with Gasteiger partial charge in [-0.1, -0.05) is 12.1 Å².